The molecule has 1 unspecified atom stereocenters. The second-order valence-electron chi connectivity index (χ2n) is 2.42. The Morgan fingerprint density at radius 2 is 2.62 bits per heavy atom. The fourth-order valence-electron chi connectivity index (χ4n) is 0.951. The molecule has 0 aromatic carbocycles. The highest BCUT2D eigenvalue weighted by atomic mass is 16.4. The summed E-state index contributed by atoms with van der Waals surface area (Å²) in [6, 6.07) is 0.988. The molecule has 1 N–H and O–H groups in total. The molecule has 0 aliphatic rings. The molecule has 1 aromatic rings. The number of carboxylic acids is 1. The number of nitriles is 1. The van der Waals surface area contributed by atoms with Crippen LogP contribution in [0.4, 0.5) is 0 Å². The number of rotatable bonds is 3. The molecule has 0 aliphatic carbocycles. The monoisotopic (exact) mass is 180 g/mol. The van der Waals surface area contributed by atoms with Crippen molar-refractivity contribution in [1.82, 2.24) is 14.8 Å². The quantitative estimate of drug-likeness (QED) is 0.716. The van der Waals surface area contributed by atoms with Gasteiger partial charge in [-0.1, -0.05) is 6.92 Å². The molecule has 0 radical (unpaired) electrons. The molecule has 6 heteroatoms. The van der Waals surface area contributed by atoms with Gasteiger partial charge in [0, 0.05) is 0 Å². The number of hydrogen-bond acceptors (Lipinski definition) is 4. The third-order valence-corrected chi connectivity index (χ3v) is 1.60. The van der Waals surface area contributed by atoms with E-state index in [0.29, 0.717) is 6.42 Å². The summed E-state index contributed by atoms with van der Waals surface area (Å²) < 4.78 is 1.18. The highest BCUT2D eigenvalue weighted by molar-refractivity contribution is 5.71. The number of carbonyl (C=O) groups is 1. The van der Waals surface area contributed by atoms with Gasteiger partial charge in [0.2, 0.25) is 0 Å². The van der Waals surface area contributed by atoms with Crippen molar-refractivity contribution in [3.05, 3.63) is 12.2 Å². The minimum atomic E-state index is -0.975. The van der Waals surface area contributed by atoms with Gasteiger partial charge in [0.1, 0.15) is 12.4 Å². The van der Waals surface area contributed by atoms with Gasteiger partial charge in [0.25, 0.3) is 5.82 Å². The van der Waals surface area contributed by atoms with Crippen molar-refractivity contribution in [2.75, 3.05) is 0 Å². The van der Waals surface area contributed by atoms with Gasteiger partial charge in [-0.2, -0.15) is 5.26 Å². The standard InChI is InChI=1S/C7H8N4O2/c1-2-5(7(12)13)11-4-9-6(3-8)10-11/h4-5H,2H2,1H3,(H,12,13). The fraction of sp³-hybridized carbons (Fsp3) is 0.429. The van der Waals surface area contributed by atoms with Crippen LogP contribution in [0.15, 0.2) is 6.33 Å². The van der Waals surface area contributed by atoms with Crippen LogP contribution in [0.2, 0.25) is 0 Å². The summed E-state index contributed by atoms with van der Waals surface area (Å²) >= 11 is 0. The normalized spacial score (nSPS) is 12.0. The van der Waals surface area contributed by atoms with Crippen LogP contribution in [-0.2, 0) is 4.79 Å². The van der Waals surface area contributed by atoms with Crippen molar-refractivity contribution in [2.45, 2.75) is 19.4 Å². The second kappa shape index (κ2) is 3.67. The molecule has 68 valence electrons. The van der Waals surface area contributed by atoms with E-state index in [9.17, 15) is 4.79 Å². The first-order valence-electron chi connectivity index (χ1n) is 3.73. The molecule has 1 atom stereocenters. The minimum absolute atomic E-state index is 0.0142. The Labute approximate surface area is 74.4 Å². The zero-order valence-electron chi connectivity index (χ0n) is 7.01. The average Bonchev–Trinajstić information content (AvgIpc) is 2.53. The van der Waals surface area contributed by atoms with Crippen LogP contribution in [-0.4, -0.2) is 25.8 Å². The Hall–Kier alpha value is -1.90. The predicted octanol–water partition coefficient (Wildman–Crippen LogP) is 0.185. The van der Waals surface area contributed by atoms with Crippen LogP contribution in [0.5, 0.6) is 0 Å². The number of carboxylic acid groups (broad SMARTS) is 1. The van der Waals surface area contributed by atoms with Crippen LogP contribution in [0.3, 0.4) is 0 Å². The maximum Gasteiger partial charge on any atom is 0.328 e. The van der Waals surface area contributed by atoms with Crippen molar-refractivity contribution in [2.24, 2.45) is 0 Å². The maximum atomic E-state index is 10.7. The minimum Gasteiger partial charge on any atom is -0.480 e. The summed E-state index contributed by atoms with van der Waals surface area (Å²) in [5.74, 6) is -0.989. The van der Waals surface area contributed by atoms with Crippen LogP contribution in [0, 0.1) is 11.3 Å². The molecule has 0 amide bonds. The van der Waals surface area contributed by atoms with Gasteiger partial charge in [-0.3, -0.25) is 0 Å². The van der Waals surface area contributed by atoms with E-state index in [1.54, 1.807) is 13.0 Å². The summed E-state index contributed by atoms with van der Waals surface area (Å²) in [5.41, 5.74) is 0. The number of hydrogen-bond donors (Lipinski definition) is 1. The lowest BCUT2D eigenvalue weighted by atomic mass is 10.2. The maximum absolute atomic E-state index is 10.7. The molecule has 1 aromatic heterocycles. The first-order chi connectivity index (χ1) is 6.19. The fourth-order valence-corrected chi connectivity index (χ4v) is 0.951. The van der Waals surface area contributed by atoms with E-state index in [-0.39, 0.29) is 5.82 Å². The Morgan fingerprint density at radius 3 is 3.00 bits per heavy atom. The zero-order valence-corrected chi connectivity index (χ0v) is 7.01. The summed E-state index contributed by atoms with van der Waals surface area (Å²) in [6.45, 7) is 1.73. The summed E-state index contributed by atoms with van der Waals surface area (Å²) in [6.07, 6.45) is 1.66. The lowest BCUT2D eigenvalue weighted by molar-refractivity contribution is -0.141. The number of aliphatic carboxylic acids is 1. The summed E-state index contributed by atoms with van der Waals surface area (Å²) in [4.78, 5) is 14.3. The first kappa shape index (κ1) is 9.19. The molecule has 0 fully saturated rings. The van der Waals surface area contributed by atoms with Crippen molar-refractivity contribution < 1.29 is 9.90 Å². The molecule has 0 saturated heterocycles. The van der Waals surface area contributed by atoms with E-state index in [1.807, 2.05) is 0 Å². The Balaban J connectivity index is 2.93. The van der Waals surface area contributed by atoms with E-state index in [1.165, 1.54) is 11.0 Å². The lowest BCUT2D eigenvalue weighted by Crippen LogP contribution is -2.18. The highest BCUT2D eigenvalue weighted by Gasteiger charge is 2.18. The molecule has 13 heavy (non-hydrogen) atoms. The van der Waals surface area contributed by atoms with Gasteiger partial charge >= 0.3 is 5.97 Å². The Morgan fingerprint density at radius 1 is 1.92 bits per heavy atom. The van der Waals surface area contributed by atoms with Crippen LogP contribution < -0.4 is 0 Å². The zero-order chi connectivity index (χ0) is 9.84. The van der Waals surface area contributed by atoms with Gasteiger partial charge in [0.05, 0.1) is 0 Å². The van der Waals surface area contributed by atoms with Crippen molar-refractivity contribution in [3.8, 4) is 6.07 Å². The van der Waals surface area contributed by atoms with Gasteiger partial charge in [-0.15, -0.1) is 5.10 Å². The van der Waals surface area contributed by atoms with E-state index in [2.05, 4.69) is 10.1 Å². The Kier molecular flexibility index (Phi) is 2.59. The molecule has 1 rings (SSSR count). The van der Waals surface area contributed by atoms with Crippen LogP contribution in [0.25, 0.3) is 0 Å². The van der Waals surface area contributed by atoms with Gasteiger partial charge in [-0.05, 0) is 6.42 Å². The van der Waals surface area contributed by atoms with Crippen molar-refractivity contribution in [1.29, 1.82) is 5.26 Å². The molecular weight excluding hydrogens is 172 g/mol. The molecule has 0 aliphatic heterocycles. The summed E-state index contributed by atoms with van der Waals surface area (Å²) in [5, 5.41) is 20.8. The summed E-state index contributed by atoms with van der Waals surface area (Å²) in [7, 11) is 0. The molecule has 0 saturated carbocycles. The van der Waals surface area contributed by atoms with E-state index in [0.717, 1.165) is 0 Å². The van der Waals surface area contributed by atoms with Gasteiger partial charge in [0.15, 0.2) is 6.04 Å². The largest absolute Gasteiger partial charge is 0.480 e. The first-order valence-corrected chi connectivity index (χ1v) is 3.73. The molecular formula is C7H8N4O2. The SMILES string of the molecule is CCC(C(=O)O)n1cnc(C#N)n1. The van der Waals surface area contributed by atoms with Crippen molar-refractivity contribution >= 4 is 5.97 Å². The third kappa shape index (κ3) is 1.82. The van der Waals surface area contributed by atoms with Gasteiger partial charge in [-0.25, -0.2) is 14.5 Å². The van der Waals surface area contributed by atoms with Crippen molar-refractivity contribution in [3.63, 3.8) is 0 Å². The average molecular weight is 180 g/mol. The molecule has 0 spiro atoms. The highest BCUT2D eigenvalue weighted by Crippen LogP contribution is 2.08. The van der Waals surface area contributed by atoms with E-state index >= 15 is 0 Å². The predicted molar refractivity (Wildman–Crippen MR) is 41.7 cm³/mol. The molecule has 0 bridgehead atoms. The lowest BCUT2D eigenvalue weighted by Gasteiger charge is -2.07. The topological polar surface area (TPSA) is 91.8 Å². The number of aromatic nitrogens is 3. The van der Waals surface area contributed by atoms with Gasteiger partial charge < -0.3 is 5.11 Å². The number of nitrogens with zero attached hydrogens (tertiary/aromatic N) is 4. The molecule has 1 heterocycles. The van der Waals surface area contributed by atoms with E-state index < -0.39 is 12.0 Å². The van der Waals surface area contributed by atoms with E-state index in [4.69, 9.17) is 10.4 Å². The van der Waals surface area contributed by atoms with Crippen LogP contribution >= 0.6 is 0 Å². The Bertz CT molecular complexity index is 352. The smallest absolute Gasteiger partial charge is 0.328 e. The van der Waals surface area contributed by atoms with Crippen LogP contribution in [0.1, 0.15) is 25.2 Å². The second-order valence-corrected chi connectivity index (χ2v) is 2.42. The molecule has 6 nitrogen and oxygen atoms in total. The third-order valence-electron chi connectivity index (χ3n) is 1.60.